The molecule has 0 saturated heterocycles. The number of aromatic nitrogens is 2. The van der Waals surface area contributed by atoms with E-state index in [1.807, 2.05) is 36.0 Å². The van der Waals surface area contributed by atoms with Crippen LogP contribution in [0, 0.1) is 12.8 Å². The van der Waals surface area contributed by atoms with Gasteiger partial charge in [-0.05, 0) is 37.0 Å². The second-order valence-electron chi connectivity index (χ2n) is 5.43. The van der Waals surface area contributed by atoms with E-state index in [9.17, 15) is 4.79 Å². The SMILES string of the molecule is CC(=O)c1ccc(-c2cnn(CC(C)C)c2)c(C)c1. The van der Waals surface area contributed by atoms with Gasteiger partial charge in [0.15, 0.2) is 5.78 Å². The Labute approximate surface area is 114 Å². The summed E-state index contributed by atoms with van der Waals surface area (Å²) in [5.41, 5.74) is 4.11. The molecule has 0 spiro atoms. The highest BCUT2D eigenvalue weighted by atomic mass is 16.1. The van der Waals surface area contributed by atoms with Crippen molar-refractivity contribution >= 4 is 5.78 Å². The molecule has 0 radical (unpaired) electrons. The number of hydrogen-bond acceptors (Lipinski definition) is 2. The molecule has 100 valence electrons. The molecule has 0 aliphatic carbocycles. The standard InChI is InChI=1S/C16H20N2O/c1-11(2)9-18-10-15(8-17-18)16-6-5-14(13(4)19)7-12(16)3/h5-8,10-11H,9H2,1-4H3. The van der Waals surface area contributed by atoms with Crippen LogP contribution >= 0.6 is 0 Å². The number of ketones is 1. The first-order valence-corrected chi connectivity index (χ1v) is 6.62. The lowest BCUT2D eigenvalue weighted by Gasteiger charge is -2.06. The van der Waals surface area contributed by atoms with Gasteiger partial charge in [0, 0.05) is 23.9 Å². The van der Waals surface area contributed by atoms with Crippen molar-refractivity contribution in [1.29, 1.82) is 0 Å². The van der Waals surface area contributed by atoms with Gasteiger partial charge in [-0.2, -0.15) is 5.10 Å². The molecular weight excluding hydrogens is 236 g/mol. The van der Waals surface area contributed by atoms with Crippen molar-refractivity contribution in [3.8, 4) is 11.1 Å². The Balaban J connectivity index is 2.31. The van der Waals surface area contributed by atoms with Crippen molar-refractivity contribution in [2.75, 3.05) is 0 Å². The summed E-state index contributed by atoms with van der Waals surface area (Å²) in [6.07, 6.45) is 3.95. The predicted molar refractivity (Wildman–Crippen MR) is 77.2 cm³/mol. The first-order chi connectivity index (χ1) is 8.97. The van der Waals surface area contributed by atoms with Crippen LogP contribution in [0.5, 0.6) is 0 Å². The molecule has 1 heterocycles. The van der Waals surface area contributed by atoms with Crippen LogP contribution in [0.4, 0.5) is 0 Å². The van der Waals surface area contributed by atoms with Crippen LogP contribution < -0.4 is 0 Å². The third-order valence-corrected chi connectivity index (χ3v) is 3.13. The summed E-state index contributed by atoms with van der Waals surface area (Å²) < 4.78 is 1.97. The molecule has 0 aliphatic rings. The van der Waals surface area contributed by atoms with E-state index in [2.05, 4.69) is 25.1 Å². The maximum atomic E-state index is 11.4. The number of benzene rings is 1. The van der Waals surface area contributed by atoms with Gasteiger partial charge in [0.25, 0.3) is 0 Å². The fourth-order valence-corrected chi connectivity index (χ4v) is 2.18. The fourth-order valence-electron chi connectivity index (χ4n) is 2.18. The summed E-state index contributed by atoms with van der Waals surface area (Å²) in [4.78, 5) is 11.4. The molecule has 3 heteroatoms. The van der Waals surface area contributed by atoms with Gasteiger partial charge < -0.3 is 0 Å². The van der Waals surface area contributed by atoms with Crippen molar-refractivity contribution in [3.05, 3.63) is 41.7 Å². The monoisotopic (exact) mass is 256 g/mol. The van der Waals surface area contributed by atoms with Crippen LogP contribution in [0.25, 0.3) is 11.1 Å². The van der Waals surface area contributed by atoms with Crippen molar-refractivity contribution in [2.24, 2.45) is 5.92 Å². The van der Waals surface area contributed by atoms with Gasteiger partial charge in [0.05, 0.1) is 6.20 Å². The summed E-state index contributed by atoms with van der Waals surface area (Å²) >= 11 is 0. The molecule has 0 amide bonds. The van der Waals surface area contributed by atoms with Gasteiger partial charge in [0.1, 0.15) is 0 Å². The van der Waals surface area contributed by atoms with Crippen LogP contribution in [-0.4, -0.2) is 15.6 Å². The van der Waals surface area contributed by atoms with Crippen LogP contribution in [0.3, 0.4) is 0 Å². The van der Waals surface area contributed by atoms with Crippen molar-refractivity contribution in [1.82, 2.24) is 9.78 Å². The zero-order valence-corrected chi connectivity index (χ0v) is 12.0. The minimum Gasteiger partial charge on any atom is -0.295 e. The number of rotatable bonds is 4. The molecule has 0 atom stereocenters. The van der Waals surface area contributed by atoms with Gasteiger partial charge in [0.2, 0.25) is 0 Å². The quantitative estimate of drug-likeness (QED) is 0.781. The normalized spacial score (nSPS) is 11.0. The van der Waals surface area contributed by atoms with Gasteiger partial charge in [-0.1, -0.05) is 26.0 Å². The maximum absolute atomic E-state index is 11.4. The molecule has 0 bridgehead atoms. The zero-order chi connectivity index (χ0) is 14.0. The second-order valence-corrected chi connectivity index (χ2v) is 5.43. The number of nitrogens with zero attached hydrogens (tertiary/aromatic N) is 2. The van der Waals surface area contributed by atoms with Gasteiger partial charge >= 0.3 is 0 Å². The van der Waals surface area contributed by atoms with Crippen LogP contribution in [-0.2, 0) is 6.54 Å². The van der Waals surface area contributed by atoms with E-state index in [1.54, 1.807) is 6.92 Å². The third kappa shape index (κ3) is 3.11. The van der Waals surface area contributed by atoms with Crippen molar-refractivity contribution in [2.45, 2.75) is 34.2 Å². The summed E-state index contributed by atoms with van der Waals surface area (Å²) in [6.45, 7) is 8.89. The van der Waals surface area contributed by atoms with E-state index in [-0.39, 0.29) is 5.78 Å². The Morgan fingerprint density at radius 1 is 1.37 bits per heavy atom. The molecule has 0 N–H and O–H groups in total. The number of carbonyl (C=O) groups is 1. The van der Waals surface area contributed by atoms with Crippen molar-refractivity contribution in [3.63, 3.8) is 0 Å². The smallest absolute Gasteiger partial charge is 0.159 e. The summed E-state index contributed by atoms with van der Waals surface area (Å²) in [6, 6.07) is 5.82. The highest BCUT2D eigenvalue weighted by molar-refractivity contribution is 5.94. The van der Waals surface area contributed by atoms with Crippen LogP contribution in [0.2, 0.25) is 0 Å². The first kappa shape index (κ1) is 13.5. The Bertz CT molecular complexity index is 597. The summed E-state index contributed by atoms with van der Waals surface area (Å²) in [7, 11) is 0. The molecule has 2 rings (SSSR count). The highest BCUT2D eigenvalue weighted by Crippen LogP contribution is 2.24. The van der Waals surface area contributed by atoms with Gasteiger partial charge in [-0.15, -0.1) is 0 Å². The van der Waals surface area contributed by atoms with E-state index in [0.717, 1.165) is 28.8 Å². The van der Waals surface area contributed by atoms with E-state index in [0.29, 0.717) is 5.92 Å². The molecular formula is C16H20N2O. The number of hydrogen-bond donors (Lipinski definition) is 0. The molecule has 1 aromatic carbocycles. The summed E-state index contributed by atoms with van der Waals surface area (Å²) in [5, 5.41) is 4.38. The van der Waals surface area contributed by atoms with Crippen LogP contribution in [0.1, 0.15) is 36.7 Å². The van der Waals surface area contributed by atoms with Crippen molar-refractivity contribution < 1.29 is 4.79 Å². The van der Waals surface area contributed by atoms with Gasteiger partial charge in [-0.3, -0.25) is 9.48 Å². The number of Topliss-reactive ketones (excluding diaryl/α,β-unsaturated/α-hetero) is 1. The average molecular weight is 256 g/mol. The molecule has 0 fully saturated rings. The molecule has 0 aliphatic heterocycles. The molecule has 2 aromatic rings. The van der Waals surface area contributed by atoms with E-state index >= 15 is 0 Å². The summed E-state index contributed by atoms with van der Waals surface area (Å²) in [5.74, 6) is 0.680. The second kappa shape index (κ2) is 5.39. The maximum Gasteiger partial charge on any atom is 0.159 e. The largest absolute Gasteiger partial charge is 0.295 e. The minimum absolute atomic E-state index is 0.102. The Hall–Kier alpha value is -1.90. The molecule has 0 unspecified atom stereocenters. The topological polar surface area (TPSA) is 34.9 Å². The number of aryl methyl sites for hydroxylation is 1. The molecule has 0 saturated carbocycles. The predicted octanol–water partition coefficient (Wildman–Crippen LogP) is 3.72. The van der Waals surface area contributed by atoms with E-state index < -0.39 is 0 Å². The highest BCUT2D eigenvalue weighted by Gasteiger charge is 2.08. The molecule has 19 heavy (non-hydrogen) atoms. The first-order valence-electron chi connectivity index (χ1n) is 6.62. The fraction of sp³-hybridized carbons (Fsp3) is 0.375. The lowest BCUT2D eigenvalue weighted by Crippen LogP contribution is -2.04. The van der Waals surface area contributed by atoms with E-state index in [1.165, 1.54) is 0 Å². The lowest BCUT2D eigenvalue weighted by molar-refractivity contribution is 0.101. The Morgan fingerprint density at radius 3 is 2.68 bits per heavy atom. The van der Waals surface area contributed by atoms with Gasteiger partial charge in [-0.25, -0.2) is 0 Å². The van der Waals surface area contributed by atoms with Crippen LogP contribution in [0.15, 0.2) is 30.6 Å². The Kier molecular flexibility index (Phi) is 3.84. The Morgan fingerprint density at radius 2 is 2.11 bits per heavy atom. The van der Waals surface area contributed by atoms with E-state index in [4.69, 9.17) is 0 Å². The third-order valence-electron chi connectivity index (χ3n) is 3.13. The average Bonchev–Trinajstić information content (AvgIpc) is 2.76. The molecule has 3 nitrogen and oxygen atoms in total. The minimum atomic E-state index is 0.102. The number of carbonyl (C=O) groups excluding carboxylic acids is 1. The molecule has 1 aromatic heterocycles. The zero-order valence-electron chi connectivity index (χ0n) is 12.0. The lowest BCUT2D eigenvalue weighted by atomic mass is 9.99.